The zero-order valence-electron chi connectivity index (χ0n) is 15.6. The molecule has 1 aliphatic heterocycles. The van der Waals surface area contributed by atoms with E-state index in [0.29, 0.717) is 45.1 Å². The van der Waals surface area contributed by atoms with E-state index in [4.69, 9.17) is 10.5 Å². The molecule has 0 aliphatic carbocycles. The molecule has 0 aromatic heterocycles. The van der Waals surface area contributed by atoms with E-state index in [-0.39, 0.29) is 36.0 Å². The van der Waals surface area contributed by atoms with E-state index in [1.165, 1.54) is 7.11 Å². The van der Waals surface area contributed by atoms with Crippen molar-refractivity contribution < 1.29 is 19.1 Å². The summed E-state index contributed by atoms with van der Waals surface area (Å²) in [7, 11) is 1.38. The van der Waals surface area contributed by atoms with Gasteiger partial charge in [0.2, 0.25) is 0 Å². The average molecular weight is 470 g/mol. The summed E-state index contributed by atoms with van der Waals surface area (Å²) in [6.45, 7) is 8.54. The van der Waals surface area contributed by atoms with Crippen LogP contribution >= 0.6 is 24.0 Å². The van der Waals surface area contributed by atoms with Crippen molar-refractivity contribution in [1.82, 2.24) is 9.80 Å². The second-order valence-corrected chi connectivity index (χ2v) is 6.73. The summed E-state index contributed by atoms with van der Waals surface area (Å²) >= 11 is 0. The van der Waals surface area contributed by atoms with Crippen LogP contribution in [0, 0.1) is 0 Å². The second-order valence-electron chi connectivity index (χ2n) is 6.73. The zero-order chi connectivity index (χ0) is 18.2. The molecule has 0 radical (unpaired) electrons. The summed E-state index contributed by atoms with van der Waals surface area (Å²) in [4.78, 5) is 31.0. The van der Waals surface area contributed by atoms with Crippen LogP contribution in [0.3, 0.4) is 0 Å². The minimum absolute atomic E-state index is 0. The molecule has 0 atom stereocenters. The Morgan fingerprint density at radius 3 is 2.16 bits per heavy atom. The number of esters is 1. The molecule has 9 heteroatoms. The lowest BCUT2D eigenvalue weighted by atomic mass is 10.2. The fourth-order valence-electron chi connectivity index (χ4n) is 2.22. The predicted molar refractivity (Wildman–Crippen MR) is 107 cm³/mol. The van der Waals surface area contributed by atoms with Gasteiger partial charge in [0.15, 0.2) is 5.96 Å². The number of aliphatic imine (C=N–C) groups is 1. The Bertz CT molecular complexity index is 458. The molecule has 0 spiro atoms. The molecule has 0 bridgehead atoms. The molecule has 1 rings (SSSR count). The number of nitrogens with zero attached hydrogens (tertiary/aromatic N) is 3. The van der Waals surface area contributed by atoms with Gasteiger partial charge in [0, 0.05) is 39.1 Å². The monoisotopic (exact) mass is 470 g/mol. The van der Waals surface area contributed by atoms with Crippen LogP contribution in [0.25, 0.3) is 0 Å². The smallest absolute Gasteiger partial charge is 0.410 e. The van der Waals surface area contributed by atoms with Gasteiger partial charge >= 0.3 is 12.1 Å². The van der Waals surface area contributed by atoms with Crippen molar-refractivity contribution in [2.45, 2.75) is 45.6 Å². The lowest BCUT2D eigenvalue weighted by Crippen LogP contribution is -2.53. The first-order chi connectivity index (χ1) is 11.2. The van der Waals surface area contributed by atoms with Gasteiger partial charge in [0.05, 0.1) is 7.11 Å². The highest BCUT2D eigenvalue weighted by molar-refractivity contribution is 14.0. The van der Waals surface area contributed by atoms with Gasteiger partial charge in [-0.05, 0) is 33.6 Å². The lowest BCUT2D eigenvalue weighted by Gasteiger charge is -2.36. The summed E-state index contributed by atoms with van der Waals surface area (Å²) in [6, 6.07) is 0. The SMILES string of the molecule is COC(=O)CCCCN=C(N)N1CCN(C(=O)OC(C)(C)C)CC1.I. The number of unbranched alkanes of at least 4 members (excludes halogenated alkanes) is 1. The molecule has 8 nitrogen and oxygen atoms in total. The normalized spacial score (nSPS) is 15.4. The molecule has 146 valence electrons. The molecule has 1 saturated heterocycles. The maximum absolute atomic E-state index is 12.0. The number of halogens is 1. The summed E-state index contributed by atoms with van der Waals surface area (Å²) in [5, 5.41) is 0. The Morgan fingerprint density at radius 1 is 1.08 bits per heavy atom. The molecule has 1 aliphatic rings. The molecule has 0 aromatic rings. The van der Waals surface area contributed by atoms with Gasteiger partial charge in [-0.3, -0.25) is 9.79 Å². The Labute approximate surface area is 167 Å². The van der Waals surface area contributed by atoms with Gasteiger partial charge in [0.1, 0.15) is 5.60 Å². The Balaban J connectivity index is 0.00000576. The fourth-order valence-corrected chi connectivity index (χ4v) is 2.22. The van der Waals surface area contributed by atoms with Crippen LogP contribution in [0.15, 0.2) is 4.99 Å². The molecule has 1 fully saturated rings. The maximum atomic E-state index is 12.0. The van der Waals surface area contributed by atoms with E-state index < -0.39 is 5.60 Å². The third-order valence-electron chi connectivity index (χ3n) is 3.55. The van der Waals surface area contributed by atoms with Crippen molar-refractivity contribution >= 4 is 42.0 Å². The van der Waals surface area contributed by atoms with Crippen LogP contribution in [-0.2, 0) is 14.3 Å². The van der Waals surface area contributed by atoms with Crippen molar-refractivity contribution in [2.24, 2.45) is 10.7 Å². The van der Waals surface area contributed by atoms with Crippen molar-refractivity contribution in [3.8, 4) is 0 Å². The van der Waals surface area contributed by atoms with E-state index in [9.17, 15) is 9.59 Å². The summed E-state index contributed by atoms with van der Waals surface area (Å²) in [5.74, 6) is 0.280. The Kier molecular flexibility index (Phi) is 10.8. The molecule has 0 unspecified atom stereocenters. The number of carbonyl (C=O) groups excluding carboxylic acids is 2. The van der Waals surface area contributed by atoms with Gasteiger partial charge in [-0.25, -0.2) is 4.79 Å². The second kappa shape index (κ2) is 11.4. The van der Waals surface area contributed by atoms with Gasteiger partial charge in [-0.15, -0.1) is 24.0 Å². The Hall–Kier alpha value is -1.26. The van der Waals surface area contributed by atoms with E-state index in [1.807, 2.05) is 25.7 Å². The van der Waals surface area contributed by atoms with Gasteiger partial charge in [-0.1, -0.05) is 0 Å². The molecule has 2 N–H and O–H groups in total. The van der Waals surface area contributed by atoms with Crippen LogP contribution < -0.4 is 5.73 Å². The van der Waals surface area contributed by atoms with E-state index in [0.717, 1.165) is 12.8 Å². The van der Waals surface area contributed by atoms with E-state index in [1.54, 1.807) is 4.90 Å². The minimum atomic E-state index is -0.487. The molecule has 25 heavy (non-hydrogen) atoms. The van der Waals surface area contributed by atoms with Gasteiger partial charge in [0.25, 0.3) is 0 Å². The third-order valence-corrected chi connectivity index (χ3v) is 3.55. The summed E-state index contributed by atoms with van der Waals surface area (Å²) in [6.07, 6.45) is 1.63. The first-order valence-electron chi connectivity index (χ1n) is 8.32. The molecule has 0 aromatic carbocycles. The number of ether oxygens (including phenoxy) is 2. The molecule has 1 amide bonds. The fraction of sp³-hybridized carbons (Fsp3) is 0.812. The zero-order valence-corrected chi connectivity index (χ0v) is 17.9. The highest BCUT2D eigenvalue weighted by Crippen LogP contribution is 2.11. The highest BCUT2D eigenvalue weighted by Gasteiger charge is 2.26. The number of guanidine groups is 1. The topological polar surface area (TPSA) is 97.5 Å². The molecular weight excluding hydrogens is 439 g/mol. The highest BCUT2D eigenvalue weighted by atomic mass is 127. The van der Waals surface area contributed by atoms with Gasteiger partial charge < -0.3 is 25.0 Å². The van der Waals surface area contributed by atoms with E-state index >= 15 is 0 Å². The quantitative estimate of drug-likeness (QED) is 0.217. The average Bonchev–Trinajstić information content (AvgIpc) is 2.52. The third kappa shape index (κ3) is 9.71. The Morgan fingerprint density at radius 2 is 1.64 bits per heavy atom. The van der Waals surface area contributed by atoms with Crippen LogP contribution in [0.5, 0.6) is 0 Å². The van der Waals surface area contributed by atoms with Crippen molar-refractivity contribution in [1.29, 1.82) is 0 Å². The molecular formula is C16H31IN4O4. The predicted octanol–water partition coefficient (Wildman–Crippen LogP) is 1.82. The minimum Gasteiger partial charge on any atom is -0.469 e. The van der Waals surface area contributed by atoms with Crippen molar-refractivity contribution in [3.63, 3.8) is 0 Å². The number of amides is 1. The number of nitrogens with two attached hydrogens (primary N) is 1. The number of hydrogen-bond acceptors (Lipinski definition) is 5. The van der Waals surface area contributed by atoms with Crippen LogP contribution in [-0.4, -0.2) is 73.3 Å². The first-order valence-corrected chi connectivity index (χ1v) is 8.32. The number of methoxy groups -OCH3 is 1. The largest absolute Gasteiger partial charge is 0.469 e. The van der Waals surface area contributed by atoms with E-state index in [2.05, 4.69) is 9.73 Å². The van der Waals surface area contributed by atoms with Crippen molar-refractivity contribution in [3.05, 3.63) is 0 Å². The number of hydrogen-bond donors (Lipinski definition) is 1. The molecule has 0 saturated carbocycles. The first kappa shape index (κ1) is 23.7. The van der Waals surface area contributed by atoms with Crippen LogP contribution in [0.1, 0.15) is 40.0 Å². The number of rotatable bonds is 5. The number of carbonyl (C=O) groups is 2. The van der Waals surface area contributed by atoms with Crippen LogP contribution in [0.2, 0.25) is 0 Å². The van der Waals surface area contributed by atoms with Crippen molar-refractivity contribution in [2.75, 3.05) is 39.8 Å². The standard InChI is InChI=1S/C16H30N4O4.HI/c1-16(2,3)24-15(22)20-11-9-19(10-12-20)14(17)18-8-6-5-7-13(21)23-4;/h5-12H2,1-4H3,(H2,17,18);1H. The summed E-state index contributed by atoms with van der Waals surface area (Å²) in [5.41, 5.74) is 5.50. The summed E-state index contributed by atoms with van der Waals surface area (Å²) < 4.78 is 9.94. The van der Waals surface area contributed by atoms with Gasteiger partial charge in [-0.2, -0.15) is 0 Å². The lowest BCUT2D eigenvalue weighted by molar-refractivity contribution is -0.140. The maximum Gasteiger partial charge on any atom is 0.410 e. The molecule has 1 heterocycles. The number of piperazine rings is 1. The van der Waals surface area contributed by atoms with Crippen LogP contribution in [0.4, 0.5) is 4.79 Å².